The molecule has 2 aromatic rings. The number of carbonyl (C=O) groups excluding carboxylic acids is 1. The maximum Gasteiger partial charge on any atom is 0.107 e. The molecule has 0 heterocycles. The third-order valence-corrected chi connectivity index (χ3v) is 3.36. The van der Waals surface area contributed by atoms with Crippen molar-refractivity contribution in [2.45, 2.75) is 39.2 Å². The molecule has 3 heteroatoms. The molecule has 3 nitrogen and oxygen atoms in total. The molecule has 118 valence electrons. The minimum Gasteiger partial charge on any atom is -0.545 e. The van der Waals surface area contributed by atoms with Gasteiger partial charge in [0.05, 0.1) is 5.97 Å². The minimum atomic E-state index is -1.12. The number of aromatic carboxylic acids is 1. The second-order valence-electron chi connectivity index (χ2n) is 6.43. The monoisotopic (exact) mass is 299 g/mol. The van der Waals surface area contributed by atoms with Crippen LogP contribution in [0.4, 0.5) is 0 Å². The highest BCUT2D eigenvalue weighted by Gasteiger charge is 2.12. The van der Waals surface area contributed by atoms with Gasteiger partial charge in [0.25, 0.3) is 0 Å². The SMILES string of the molecule is CC(C)(C)c1ccc(C(=O)[O-])cc1.CC([NH3+])c1ccccc1. The fraction of sp³-hybridized carbons (Fsp3) is 0.316. The zero-order valence-electron chi connectivity index (χ0n) is 13.8. The second-order valence-corrected chi connectivity index (χ2v) is 6.43. The normalized spacial score (nSPS) is 12.0. The maximum absolute atomic E-state index is 10.5. The quantitative estimate of drug-likeness (QED) is 0.924. The molecular formula is C19H25NO2. The summed E-state index contributed by atoms with van der Waals surface area (Å²) in [5, 5.41) is 10.5. The summed E-state index contributed by atoms with van der Waals surface area (Å²) < 4.78 is 0. The first-order valence-corrected chi connectivity index (χ1v) is 7.41. The molecule has 0 fully saturated rings. The van der Waals surface area contributed by atoms with Gasteiger partial charge in [-0.25, -0.2) is 0 Å². The molecular weight excluding hydrogens is 274 g/mol. The summed E-state index contributed by atoms with van der Waals surface area (Å²) in [7, 11) is 0. The molecule has 0 aliphatic rings. The van der Waals surface area contributed by atoms with E-state index >= 15 is 0 Å². The highest BCUT2D eigenvalue weighted by Crippen LogP contribution is 2.21. The Morgan fingerprint density at radius 1 is 1.00 bits per heavy atom. The van der Waals surface area contributed by atoms with Crippen molar-refractivity contribution in [3.05, 3.63) is 71.3 Å². The first kappa shape index (κ1) is 17.9. The fourth-order valence-corrected chi connectivity index (χ4v) is 1.89. The van der Waals surface area contributed by atoms with E-state index in [0.29, 0.717) is 6.04 Å². The number of carboxylic acid groups (broad SMARTS) is 1. The highest BCUT2D eigenvalue weighted by molar-refractivity contribution is 5.85. The molecule has 22 heavy (non-hydrogen) atoms. The molecule has 3 N–H and O–H groups in total. The Balaban J connectivity index is 0.000000235. The molecule has 1 unspecified atom stereocenters. The van der Waals surface area contributed by atoms with Crippen LogP contribution in [0.15, 0.2) is 54.6 Å². The average Bonchev–Trinajstić information content (AvgIpc) is 2.48. The lowest BCUT2D eigenvalue weighted by atomic mass is 9.87. The van der Waals surface area contributed by atoms with Crippen LogP contribution >= 0.6 is 0 Å². The second kappa shape index (κ2) is 7.76. The molecule has 0 amide bonds. The van der Waals surface area contributed by atoms with Crippen LogP contribution in [0.3, 0.4) is 0 Å². The summed E-state index contributed by atoms with van der Waals surface area (Å²) in [6.07, 6.45) is 0. The van der Waals surface area contributed by atoms with Crippen LogP contribution in [0.25, 0.3) is 0 Å². The number of hydrogen-bond acceptors (Lipinski definition) is 2. The summed E-state index contributed by atoms with van der Waals surface area (Å²) in [5.41, 5.74) is 6.62. The largest absolute Gasteiger partial charge is 0.545 e. The van der Waals surface area contributed by atoms with E-state index in [1.54, 1.807) is 12.1 Å². The summed E-state index contributed by atoms with van der Waals surface area (Å²) >= 11 is 0. The number of benzene rings is 2. The van der Waals surface area contributed by atoms with Gasteiger partial charge < -0.3 is 15.6 Å². The Hall–Kier alpha value is -2.13. The summed E-state index contributed by atoms with van der Waals surface area (Å²) in [6, 6.07) is 17.5. The van der Waals surface area contributed by atoms with E-state index in [1.807, 2.05) is 30.3 Å². The minimum absolute atomic E-state index is 0.0600. The fourth-order valence-electron chi connectivity index (χ4n) is 1.89. The van der Waals surface area contributed by atoms with Crippen LogP contribution in [0.1, 0.15) is 55.2 Å². The Labute approximate surface area is 132 Å². The first-order chi connectivity index (χ1) is 10.2. The van der Waals surface area contributed by atoms with E-state index in [-0.39, 0.29) is 11.0 Å². The van der Waals surface area contributed by atoms with Crippen molar-refractivity contribution in [2.24, 2.45) is 0 Å². The number of carbonyl (C=O) groups is 1. The van der Waals surface area contributed by atoms with Crippen molar-refractivity contribution in [1.29, 1.82) is 0 Å². The standard InChI is InChI=1S/C11H14O2.C8H11N/c1-11(2,3)9-6-4-8(5-7-9)10(12)13;1-7(9)8-5-3-2-4-6-8/h4-7H,1-3H3,(H,12,13);2-7H,9H2,1H3. The smallest absolute Gasteiger partial charge is 0.107 e. The predicted octanol–water partition coefficient (Wildman–Crippen LogP) is 2.34. The molecule has 0 saturated heterocycles. The van der Waals surface area contributed by atoms with E-state index in [1.165, 1.54) is 5.56 Å². The molecule has 0 spiro atoms. The van der Waals surface area contributed by atoms with E-state index < -0.39 is 5.97 Å². The maximum atomic E-state index is 10.5. The summed E-state index contributed by atoms with van der Waals surface area (Å²) in [5.74, 6) is -1.12. The van der Waals surface area contributed by atoms with E-state index in [9.17, 15) is 9.90 Å². The van der Waals surface area contributed by atoms with Crippen LogP contribution in [-0.4, -0.2) is 5.97 Å². The van der Waals surface area contributed by atoms with Crippen molar-refractivity contribution in [2.75, 3.05) is 0 Å². The van der Waals surface area contributed by atoms with Gasteiger partial charge in [0.15, 0.2) is 0 Å². The van der Waals surface area contributed by atoms with Gasteiger partial charge in [-0.3, -0.25) is 0 Å². The Kier molecular flexibility index (Phi) is 6.32. The molecule has 0 radical (unpaired) electrons. The van der Waals surface area contributed by atoms with Crippen LogP contribution in [-0.2, 0) is 5.41 Å². The number of rotatable bonds is 2. The zero-order valence-corrected chi connectivity index (χ0v) is 13.8. The summed E-state index contributed by atoms with van der Waals surface area (Å²) in [6.45, 7) is 8.35. The summed E-state index contributed by atoms with van der Waals surface area (Å²) in [4.78, 5) is 10.5. The van der Waals surface area contributed by atoms with Crippen molar-refractivity contribution in [3.63, 3.8) is 0 Å². The van der Waals surface area contributed by atoms with Gasteiger partial charge in [-0.1, -0.05) is 75.4 Å². The van der Waals surface area contributed by atoms with E-state index in [2.05, 4.69) is 45.6 Å². The lowest BCUT2D eigenvalue weighted by Gasteiger charge is -2.19. The number of carboxylic acids is 1. The molecule has 0 aromatic heterocycles. The van der Waals surface area contributed by atoms with Gasteiger partial charge in [0.2, 0.25) is 0 Å². The van der Waals surface area contributed by atoms with Crippen molar-refractivity contribution in [1.82, 2.24) is 0 Å². The number of hydrogen-bond donors (Lipinski definition) is 1. The van der Waals surface area contributed by atoms with Crippen LogP contribution in [0.5, 0.6) is 0 Å². The van der Waals surface area contributed by atoms with Gasteiger partial charge in [0, 0.05) is 5.56 Å². The Morgan fingerprint density at radius 3 is 1.82 bits per heavy atom. The van der Waals surface area contributed by atoms with E-state index in [0.717, 1.165) is 5.56 Å². The topological polar surface area (TPSA) is 67.8 Å². The zero-order chi connectivity index (χ0) is 16.8. The lowest BCUT2D eigenvalue weighted by Crippen LogP contribution is -2.51. The van der Waals surface area contributed by atoms with E-state index in [4.69, 9.17) is 0 Å². The molecule has 2 rings (SSSR count). The van der Waals surface area contributed by atoms with Gasteiger partial charge in [0.1, 0.15) is 6.04 Å². The highest BCUT2D eigenvalue weighted by atomic mass is 16.4. The molecule has 2 aromatic carbocycles. The number of quaternary nitrogens is 1. The predicted molar refractivity (Wildman–Crippen MR) is 87.2 cm³/mol. The van der Waals surface area contributed by atoms with Crippen molar-refractivity contribution in [3.8, 4) is 0 Å². The average molecular weight is 299 g/mol. The van der Waals surface area contributed by atoms with Gasteiger partial charge in [-0.15, -0.1) is 0 Å². The third kappa shape index (κ3) is 5.70. The first-order valence-electron chi connectivity index (χ1n) is 7.41. The van der Waals surface area contributed by atoms with Crippen LogP contribution in [0, 0.1) is 0 Å². The van der Waals surface area contributed by atoms with Crippen molar-refractivity contribution < 1.29 is 15.6 Å². The molecule has 0 saturated carbocycles. The van der Waals surface area contributed by atoms with Gasteiger partial charge >= 0.3 is 0 Å². The Bertz CT molecular complexity index is 581. The third-order valence-electron chi connectivity index (χ3n) is 3.36. The molecule has 0 bridgehead atoms. The van der Waals surface area contributed by atoms with Gasteiger partial charge in [-0.05, 0) is 23.5 Å². The Morgan fingerprint density at radius 2 is 1.50 bits per heavy atom. The van der Waals surface area contributed by atoms with Gasteiger partial charge in [-0.2, -0.15) is 0 Å². The van der Waals surface area contributed by atoms with Crippen LogP contribution in [0.2, 0.25) is 0 Å². The molecule has 0 aliphatic carbocycles. The van der Waals surface area contributed by atoms with Crippen molar-refractivity contribution >= 4 is 5.97 Å². The molecule has 0 aliphatic heterocycles. The molecule has 1 atom stereocenters. The van der Waals surface area contributed by atoms with Crippen LogP contribution < -0.4 is 10.8 Å². The lowest BCUT2D eigenvalue weighted by molar-refractivity contribution is -0.420.